The minimum atomic E-state index is -0.0954. The minimum absolute atomic E-state index is 0.0954. The Kier molecular flexibility index (Phi) is 4.85. The molecule has 134 valence electrons. The van der Waals surface area contributed by atoms with Crippen molar-refractivity contribution in [3.05, 3.63) is 51.2 Å². The number of thiophene rings is 1. The van der Waals surface area contributed by atoms with E-state index in [1.807, 2.05) is 42.6 Å². The fraction of sp³-hybridized carbons (Fsp3) is 0.278. The van der Waals surface area contributed by atoms with Gasteiger partial charge in [-0.3, -0.25) is 4.79 Å². The number of carbonyl (C=O) groups excluding carboxylic acids is 1. The summed E-state index contributed by atoms with van der Waals surface area (Å²) in [6.07, 6.45) is 0.672. The van der Waals surface area contributed by atoms with Crippen molar-refractivity contribution < 1.29 is 14.3 Å². The fourth-order valence-electron chi connectivity index (χ4n) is 2.76. The summed E-state index contributed by atoms with van der Waals surface area (Å²) in [6, 6.07) is 9.61. The number of hydrogen-bond donors (Lipinski definition) is 0. The highest BCUT2D eigenvalue weighted by Gasteiger charge is 2.25. The first-order valence-corrected chi connectivity index (χ1v) is 9.96. The lowest BCUT2D eigenvalue weighted by atomic mass is 10.2. The third kappa shape index (κ3) is 3.30. The van der Waals surface area contributed by atoms with Crippen molar-refractivity contribution in [1.29, 1.82) is 0 Å². The summed E-state index contributed by atoms with van der Waals surface area (Å²) < 4.78 is 15.2. The van der Waals surface area contributed by atoms with Gasteiger partial charge in [0, 0.05) is 16.6 Å². The molecule has 1 amide bonds. The molecule has 0 unspecified atom stereocenters. The Morgan fingerprint density at radius 2 is 2.08 bits per heavy atom. The van der Waals surface area contributed by atoms with Crippen molar-refractivity contribution in [2.24, 2.45) is 0 Å². The van der Waals surface area contributed by atoms with Crippen molar-refractivity contribution >= 4 is 34.5 Å². The van der Waals surface area contributed by atoms with Gasteiger partial charge < -0.3 is 14.4 Å². The van der Waals surface area contributed by atoms with Gasteiger partial charge in [0.25, 0.3) is 5.91 Å². The first-order valence-electron chi connectivity index (χ1n) is 8.31. The van der Waals surface area contributed by atoms with Gasteiger partial charge in [0.05, 0.1) is 12.2 Å². The summed E-state index contributed by atoms with van der Waals surface area (Å²) in [5.41, 5.74) is 1.50. The minimum Gasteiger partial charge on any atom is -0.486 e. The number of aryl methyl sites for hydroxylation is 1. The monoisotopic (exact) mass is 387 g/mol. The fourth-order valence-corrected chi connectivity index (χ4v) is 4.16. The largest absolute Gasteiger partial charge is 0.486 e. The number of amides is 1. The van der Waals surface area contributed by atoms with Gasteiger partial charge in [-0.15, -0.1) is 16.4 Å². The molecule has 0 N–H and O–H groups in total. The molecule has 0 spiro atoms. The maximum Gasteiger partial charge on any atom is 0.272 e. The van der Waals surface area contributed by atoms with E-state index >= 15 is 0 Å². The van der Waals surface area contributed by atoms with Crippen LogP contribution in [-0.2, 0) is 13.0 Å². The molecule has 1 aliphatic heterocycles. The molecule has 2 aromatic heterocycles. The number of ether oxygens (including phenoxy) is 2. The van der Waals surface area contributed by atoms with Crippen LogP contribution in [0.3, 0.4) is 0 Å². The second-order valence-electron chi connectivity index (χ2n) is 5.70. The molecule has 8 heteroatoms. The molecular weight excluding hydrogens is 370 g/mol. The highest BCUT2D eigenvalue weighted by molar-refractivity contribution is 7.10. The van der Waals surface area contributed by atoms with Crippen LogP contribution >= 0.6 is 22.9 Å². The summed E-state index contributed by atoms with van der Waals surface area (Å²) in [4.78, 5) is 16.7. The number of carbonyl (C=O) groups is 1. The van der Waals surface area contributed by atoms with Crippen LogP contribution < -0.4 is 14.4 Å². The third-order valence-corrected chi connectivity index (χ3v) is 5.68. The normalized spacial score (nSPS) is 12.8. The van der Waals surface area contributed by atoms with Crippen LogP contribution in [0.4, 0.5) is 5.69 Å². The van der Waals surface area contributed by atoms with E-state index in [1.54, 1.807) is 16.2 Å². The van der Waals surface area contributed by atoms with Gasteiger partial charge in [-0.2, -0.15) is 0 Å². The smallest absolute Gasteiger partial charge is 0.272 e. The lowest BCUT2D eigenvalue weighted by molar-refractivity contribution is 0.0988. The van der Waals surface area contributed by atoms with E-state index < -0.39 is 0 Å². The molecule has 3 heterocycles. The molecule has 0 radical (unpaired) electrons. The summed E-state index contributed by atoms with van der Waals surface area (Å²) >= 11 is 2.76. The molecular formula is C18H17N3O3S2. The first-order chi connectivity index (χ1) is 12.8. The van der Waals surface area contributed by atoms with E-state index in [4.69, 9.17) is 9.47 Å². The predicted molar refractivity (Wildman–Crippen MR) is 102 cm³/mol. The lowest BCUT2D eigenvalue weighted by Gasteiger charge is -2.25. The second-order valence-corrected chi connectivity index (χ2v) is 7.49. The van der Waals surface area contributed by atoms with E-state index in [9.17, 15) is 4.79 Å². The SMILES string of the molecule is CCc1nnsc1C(=O)N(Cc1cccs1)c1ccc2c(c1)OCCO2. The maximum absolute atomic E-state index is 13.3. The predicted octanol–water partition coefficient (Wildman–Crippen LogP) is 3.78. The molecule has 4 rings (SSSR count). The molecule has 0 saturated heterocycles. The zero-order valence-electron chi connectivity index (χ0n) is 14.2. The van der Waals surface area contributed by atoms with Gasteiger partial charge in [-0.05, 0) is 41.5 Å². The summed E-state index contributed by atoms with van der Waals surface area (Å²) in [6.45, 7) is 3.50. The van der Waals surface area contributed by atoms with Crippen LogP contribution in [0.1, 0.15) is 27.2 Å². The highest BCUT2D eigenvalue weighted by atomic mass is 32.1. The van der Waals surface area contributed by atoms with Gasteiger partial charge >= 0.3 is 0 Å². The van der Waals surface area contributed by atoms with Crippen LogP contribution in [0.25, 0.3) is 0 Å². The van der Waals surface area contributed by atoms with Crippen molar-refractivity contribution in [3.63, 3.8) is 0 Å². The van der Waals surface area contributed by atoms with Gasteiger partial charge in [-0.1, -0.05) is 17.5 Å². The quantitative estimate of drug-likeness (QED) is 0.667. The number of anilines is 1. The molecule has 26 heavy (non-hydrogen) atoms. The van der Waals surface area contributed by atoms with Crippen molar-refractivity contribution in [2.75, 3.05) is 18.1 Å². The molecule has 0 fully saturated rings. The number of fused-ring (bicyclic) bond motifs is 1. The van der Waals surface area contributed by atoms with Crippen LogP contribution in [0.15, 0.2) is 35.7 Å². The Morgan fingerprint density at radius 1 is 1.23 bits per heavy atom. The summed E-state index contributed by atoms with van der Waals surface area (Å²) in [5, 5.41) is 6.09. The average molecular weight is 387 g/mol. The summed E-state index contributed by atoms with van der Waals surface area (Å²) in [7, 11) is 0. The third-order valence-electron chi connectivity index (χ3n) is 4.06. The van der Waals surface area contributed by atoms with E-state index in [0.29, 0.717) is 42.6 Å². The Labute approximate surface area is 159 Å². The van der Waals surface area contributed by atoms with Crippen molar-refractivity contribution in [3.8, 4) is 11.5 Å². The molecule has 0 saturated carbocycles. The van der Waals surface area contributed by atoms with Crippen molar-refractivity contribution in [1.82, 2.24) is 9.59 Å². The van der Waals surface area contributed by atoms with E-state index in [2.05, 4.69) is 9.59 Å². The molecule has 0 atom stereocenters. The molecule has 0 aliphatic carbocycles. The molecule has 3 aromatic rings. The highest BCUT2D eigenvalue weighted by Crippen LogP contribution is 2.35. The average Bonchev–Trinajstić information content (AvgIpc) is 3.36. The van der Waals surface area contributed by atoms with Crippen LogP contribution in [0.2, 0.25) is 0 Å². The Bertz CT molecular complexity index is 908. The van der Waals surface area contributed by atoms with Crippen LogP contribution in [0.5, 0.6) is 11.5 Å². The standard InChI is InChI=1S/C18H17N3O3S2/c1-2-14-17(26-20-19-14)18(22)21(11-13-4-3-9-25-13)12-5-6-15-16(10-12)24-8-7-23-15/h3-6,9-10H,2,7-8,11H2,1H3. The first kappa shape index (κ1) is 17.0. The summed E-state index contributed by atoms with van der Waals surface area (Å²) in [5.74, 6) is 1.27. The number of benzene rings is 1. The topological polar surface area (TPSA) is 64.6 Å². The second kappa shape index (κ2) is 7.43. The molecule has 0 bridgehead atoms. The van der Waals surface area contributed by atoms with E-state index in [-0.39, 0.29) is 5.91 Å². The lowest BCUT2D eigenvalue weighted by Crippen LogP contribution is -2.30. The molecule has 6 nitrogen and oxygen atoms in total. The van der Waals surface area contributed by atoms with Crippen molar-refractivity contribution in [2.45, 2.75) is 19.9 Å². The number of aromatic nitrogens is 2. The van der Waals surface area contributed by atoms with Gasteiger partial charge in [-0.25, -0.2) is 0 Å². The van der Waals surface area contributed by atoms with E-state index in [1.165, 1.54) is 0 Å². The zero-order valence-corrected chi connectivity index (χ0v) is 15.8. The van der Waals surface area contributed by atoms with Gasteiger partial charge in [0.1, 0.15) is 18.1 Å². The number of rotatable bonds is 5. The van der Waals surface area contributed by atoms with Crippen LogP contribution in [-0.4, -0.2) is 28.7 Å². The van der Waals surface area contributed by atoms with E-state index in [0.717, 1.165) is 27.8 Å². The molecule has 1 aliphatic rings. The maximum atomic E-state index is 13.3. The Balaban J connectivity index is 1.72. The van der Waals surface area contributed by atoms with Gasteiger partial charge in [0.15, 0.2) is 11.5 Å². The van der Waals surface area contributed by atoms with Crippen LogP contribution in [0, 0.1) is 0 Å². The Hall–Kier alpha value is -2.45. The molecule has 1 aromatic carbocycles. The van der Waals surface area contributed by atoms with Gasteiger partial charge in [0.2, 0.25) is 0 Å². The number of nitrogens with zero attached hydrogens (tertiary/aromatic N) is 3. The number of hydrogen-bond acceptors (Lipinski definition) is 7. The Morgan fingerprint density at radius 3 is 2.85 bits per heavy atom. The zero-order chi connectivity index (χ0) is 17.9.